The van der Waals surface area contributed by atoms with Crippen molar-refractivity contribution in [2.24, 2.45) is 5.73 Å². The third kappa shape index (κ3) is 3.45. The van der Waals surface area contributed by atoms with E-state index in [0.717, 1.165) is 37.8 Å². The molecule has 1 aliphatic rings. The molecule has 4 nitrogen and oxygen atoms in total. The largest absolute Gasteiger partial charge is 0.326 e. The molecule has 3 N–H and O–H groups in total. The Balaban J connectivity index is 2.19. The van der Waals surface area contributed by atoms with Crippen LogP contribution in [0.15, 0.2) is 23.1 Å². The lowest BCUT2D eigenvalue weighted by Crippen LogP contribution is -2.49. The van der Waals surface area contributed by atoms with Crippen LogP contribution >= 0.6 is 11.6 Å². The summed E-state index contributed by atoms with van der Waals surface area (Å²) in [6.45, 7) is 0. The first-order chi connectivity index (χ1) is 8.90. The zero-order chi connectivity index (χ0) is 14.0. The molecule has 0 aliphatic heterocycles. The number of sulfonamides is 1. The highest BCUT2D eigenvalue weighted by molar-refractivity contribution is 7.89. The number of halogens is 2. The molecule has 0 aromatic heterocycles. The van der Waals surface area contributed by atoms with Gasteiger partial charge in [0.25, 0.3) is 0 Å². The molecule has 0 heterocycles. The van der Waals surface area contributed by atoms with Gasteiger partial charge in [-0.2, -0.15) is 0 Å². The minimum Gasteiger partial charge on any atom is -0.326 e. The number of nitrogens with two attached hydrogens (primary N) is 1. The van der Waals surface area contributed by atoms with E-state index in [4.69, 9.17) is 17.3 Å². The molecular weight excluding hydrogens is 291 g/mol. The van der Waals surface area contributed by atoms with Gasteiger partial charge in [0, 0.05) is 12.1 Å². The molecule has 0 unspecified atom stereocenters. The second kappa shape index (κ2) is 5.75. The topological polar surface area (TPSA) is 72.2 Å². The predicted molar refractivity (Wildman–Crippen MR) is 72.0 cm³/mol. The van der Waals surface area contributed by atoms with Crippen LogP contribution in [0.3, 0.4) is 0 Å². The Morgan fingerprint density at radius 2 is 2.00 bits per heavy atom. The van der Waals surface area contributed by atoms with Crippen molar-refractivity contribution in [3.8, 4) is 0 Å². The van der Waals surface area contributed by atoms with E-state index in [-0.39, 0.29) is 22.0 Å². The summed E-state index contributed by atoms with van der Waals surface area (Å²) in [5, 5.41) is -0.212. The SMILES string of the molecule is N[C@@H]1CCCC[C@H]1NS(=O)(=O)c1ccc(F)c(Cl)c1. The Kier molecular flexibility index (Phi) is 4.45. The van der Waals surface area contributed by atoms with Crippen molar-refractivity contribution in [1.82, 2.24) is 4.72 Å². The van der Waals surface area contributed by atoms with Crippen LogP contribution in [0.4, 0.5) is 4.39 Å². The van der Waals surface area contributed by atoms with Crippen LogP contribution in [0.1, 0.15) is 25.7 Å². The first kappa shape index (κ1) is 14.7. The van der Waals surface area contributed by atoms with Gasteiger partial charge in [0.2, 0.25) is 10.0 Å². The third-order valence-electron chi connectivity index (χ3n) is 3.33. The van der Waals surface area contributed by atoms with Gasteiger partial charge in [0.1, 0.15) is 5.82 Å². The maximum Gasteiger partial charge on any atom is 0.240 e. The molecule has 1 aromatic carbocycles. The van der Waals surface area contributed by atoms with Gasteiger partial charge >= 0.3 is 0 Å². The Labute approximate surface area is 117 Å². The van der Waals surface area contributed by atoms with Crippen LogP contribution in [0, 0.1) is 5.82 Å². The molecule has 0 radical (unpaired) electrons. The lowest BCUT2D eigenvalue weighted by atomic mass is 9.92. The van der Waals surface area contributed by atoms with E-state index in [2.05, 4.69) is 4.72 Å². The van der Waals surface area contributed by atoms with Gasteiger partial charge in [-0.25, -0.2) is 17.5 Å². The van der Waals surface area contributed by atoms with Crippen LogP contribution in [0.2, 0.25) is 5.02 Å². The van der Waals surface area contributed by atoms with Crippen molar-refractivity contribution in [1.29, 1.82) is 0 Å². The molecule has 0 amide bonds. The number of hydrogen-bond acceptors (Lipinski definition) is 3. The molecule has 1 fully saturated rings. The van der Waals surface area contributed by atoms with Crippen molar-refractivity contribution in [3.63, 3.8) is 0 Å². The highest BCUT2D eigenvalue weighted by atomic mass is 35.5. The van der Waals surface area contributed by atoms with Gasteiger partial charge in [-0.05, 0) is 31.0 Å². The maximum absolute atomic E-state index is 13.0. The standard InChI is InChI=1S/C12H16ClFN2O2S/c13-9-7-8(5-6-10(9)14)19(17,18)16-12-4-2-1-3-11(12)15/h5-7,11-12,16H,1-4,15H2/t11-,12-/m1/s1. The second-order valence-electron chi connectivity index (χ2n) is 4.75. The summed E-state index contributed by atoms with van der Waals surface area (Å²) in [7, 11) is -3.71. The van der Waals surface area contributed by atoms with E-state index in [1.165, 1.54) is 6.07 Å². The summed E-state index contributed by atoms with van der Waals surface area (Å²) in [5.74, 6) is -0.644. The van der Waals surface area contributed by atoms with Gasteiger partial charge in [-0.1, -0.05) is 24.4 Å². The highest BCUT2D eigenvalue weighted by Gasteiger charge is 2.27. The number of benzene rings is 1. The Hall–Kier alpha value is -0.690. The van der Waals surface area contributed by atoms with Crippen molar-refractivity contribution in [2.45, 2.75) is 42.7 Å². The Morgan fingerprint density at radius 3 is 2.63 bits per heavy atom. The zero-order valence-electron chi connectivity index (χ0n) is 10.3. The zero-order valence-corrected chi connectivity index (χ0v) is 11.8. The van der Waals surface area contributed by atoms with E-state index in [1.54, 1.807) is 0 Å². The fraction of sp³-hybridized carbons (Fsp3) is 0.500. The summed E-state index contributed by atoms with van der Waals surface area (Å²) >= 11 is 5.60. The lowest BCUT2D eigenvalue weighted by molar-refractivity contribution is 0.361. The summed E-state index contributed by atoms with van der Waals surface area (Å²) < 4.78 is 39.9. The first-order valence-electron chi connectivity index (χ1n) is 6.13. The van der Waals surface area contributed by atoms with Gasteiger partial charge < -0.3 is 5.73 Å². The molecule has 1 saturated carbocycles. The summed E-state index contributed by atoms with van der Waals surface area (Å²) in [5.41, 5.74) is 5.91. The normalized spacial score (nSPS) is 24.4. The van der Waals surface area contributed by atoms with Crippen LogP contribution in [0.5, 0.6) is 0 Å². The Morgan fingerprint density at radius 1 is 1.32 bits per heavy atom. The smallest absolute Gasteiger partial charge is 0.240 e. The minimum absolute atomic E-state index is 0.0447. The average Bonchev–Trinajstić information content (AvgIpc) is 2.35. The molecule has 7 heteroatoms. The number of hydrogen-bond donors (Lipinski definition) is 2. The van der Waals surface area contributed by atoms with Gasteiger partial charge in [0.15, 0.2) is 0 Å². The minimum atomic E-state index is -3.71. The summed E-state index contributed by atoms with van der Waals surface area (Å²) in [6.07, 6.45) is 3.49. The maximum atomic E-state index is 13.0. The monoisotopic (exact) mass is 306 g/mol. The first-order valence-corrected chi connectivity index (χ1v) is 7.99. The Bertz CT molecular complexity index is 565. The molecule has 106 valence electrons. The fourth-order valence-electron chi connectivity index (χ4n) is 2.22. The van der Waals surface area contributed by atoms with Crippen LogP contribution < -0.4 is 10.5 Å². The van der Waals surface area contributed by atoms with E-state index < -0.39 is 15.8 Å². The lowest BCUT2D eigenvalue weighted by Gasteiger charge is -2.29. The van der Waals surface area contributed by atoms with Gasteiger partial charge in [0.05, 0.1) is 9.92 Å². The number of rotatable bonds is 3. The summed E-state index contributed by atoms with van der Waals surface area (Å²) in [6, 6.07) is 2.88. The van der Waals surface area contributed by atoms with Crippen molar-refractivity contribution < 1.29 is 12.8 Å². The highest BCUT2D eigenvalue weighted by Crippen LogP contribution is 2.22. The van der Waals surface area contributed by atoms with Crippen molar-refractivity contribution >= 4 is 21.6 Å². The molecule has 2 atom stereocenters. The molecule has 1 aromatic rings. The quantitative estimate of drug-likeness (QED) is 0.897. The molecule has 1 aliphatic carbocycles. The van der Waals surface area contributed by atoms with Crippen LogP contribution in [-0.2, 0) is 10.0 Å². The second-order valence-corrected chi connectivity index (χ2v) is 6.87. The van der Waals surface area contributed by atoms with Gasteiger partial charge in [-0.3, -0.25) is 0 Å². The van der Waals surface area contributed by atoms with Crippen LogP contribution in [0.25, 0.3) is 0 Å². The molecule has 0 bridgehead atoms. The summed E-state index contributed by atoms with van der Waals surface area (Å²) in [4.78, 5) is -0.0447. The van der Waals surface area contributed by atoms with Crippen molar-refractivity contribution in [3.05, 3.63) is 29.0 Å². The van der Waals surface area contributed by atoms with E-state index in [0.29, 0.717) is 0 Å². The van der Waals surface area contributed by atoms with Gasteiger partial charge in [-0.15, -0.1) is 0 Å². The molecule has 0 spiro atoms. The van der Waals surface area contributed by atoms with E-state index in [1.807, 2.05) is 0 Å². The van der Waals surface area contributed by atoms with Crippen molar-refractivity contribution in [2.75, 3.05) is 0 Å². The number of nitrogens with one attached hydrogen (secondary N) is 1. The fourth-order valence-corrected chi connectivity index (χ4v) is 3.81. The van der Waals surface area contributed by atoms with E-state index in [9.17, 15) is 12.8 Å². The molecule has 0 saturated heterocycles. The molecular formula is C12H16ClFN2O2S. The molecule has 2 rings (SSSR count). The van der Waals surface area contributed by atoms with Crippen LogP contribution in [-0.4, -0.2) is 20.5 Å². The predicted octanol–water partition coefficient (Wildman–Crippen LogP) is 2.03. The average molecular weight is 307 g/mol. The third-order valence-corrected chi connectivity index (χ3v) is 5.10. The van der Waals surface area contributed by atoms with E-state index >= 15 is 0 Å². The molecule has 19 heavy (non-hydrogen) atoms.